The van der Waals surface area contributed by atoms with Gasteiger partial charge in [0.05, 0.1) is 12.6 Å². The lowest BCUT2D eigenvalue weighted by Gasteiger charge is -1.97. The predicted molar refractivity (Wildman–Crippen MR) is 74.9 cm³/mol. The van der Waals surface area contributed by atoms with Crippen molar-refractivity contribution in [2.45, 2.75) is 11.7 Å². The summed E-state index contributed by atoms with van der Waals surface area (Å²) in [6, 6.07) is 6.60. The molecule has 0 aromatic heterocycles. The van der Waals surface area contributed by atoms with Crippen LogP contribution < -0.4 is 5.32 Å². The highest BCUT2D eigenvalue weighted by Gasteiger charge is 2.32. The third-order valence-corrected chi connectivity index (χ3v) is 3.49. The summed E-state index contributed by atoms with van der Waals surface area (Å²) >= 11 is 1.02. The number of carboxylic acids is 1. The van der Waals surface area contributed by atoms with Gasteiger partial charge in [-0.3, -0.25) is 9.59 Å². The number of nitrogens with zero attached hydrogens (tertiary/aromatic N) is 2. The van der Waals surface area contributed by atoms with Crippen molar-refractivity contribution in [2.75, 3.05) is 0 Å². The van der Waals surface area contributed by atoms with Crippen LogP contribution in [0.4, 0.5) is 0 Å². The summed E-state index contributed by atoms with van der Waals surface area (Å²) in [5.74, 6) is -1.37. The van der Waals surface area contributed by atoms with E-state index in [0.29, 0.717) is 5.56 Å². The number of rotatable bonds is 4. The van der Waals surface area contributed by atoms with Gasteiger partial charge in [0, 0.05) is 5.56 Å². The molecule has 2 rings (SSSR count). The molecule has 0 bridgehead atoms. The van der Waals surface area contributed by atoms with Gasteiger partial charge in [-0.25, -0.2) is 0 Å². The van der Waals surface area contributed by atoms with Gasteiger partial charge in [0.15, 0.2) is 5.17 Å². The number of nitrogens with one attached hydrogen (secondary N) is 1. The number of para-hydroxylation sites is 1. The number of phenols is 1. The molecule has 1 aromatic carbocycles. The molecule has 1 amide bonds. The highest BCUT2D eigenvalue weighted by molar-refractivity contribution is 8.15. The maximum absolute atomic E-state index is 11.4. The average molecular weight is 293 g/mol. The minimum absolute atomic E-state index is 0.0725. The van der Waals surface area contributed by atoms with Crippen molar-refractivity contribution in [1.82, 2.24) is 5.32 Å². The number of hydrogen-bond acceptors (Lipinski definition) is 6. The van der Waals surface area contributed by atoms with Crippen LogP contribution in [0.1, 0.15) is 12.0 Å². The lowest BCUT2D eigenvalue weighted by Crippen LogP contribution is -2.26. The van der Waals surface area contributed by atoms with Crippen molar-refractivity contribution >= 4 is 35.0 Å². The molecule has 0 radical (unpaired) electrons. The molecule has 1 aliphatic heterocycles. The molecule has 20 heavy (non-hydrogen) atoms. The van der Waals surface area contributed by atoms with Crippen LogP contribution in [-0.4, -0.2) is 38.7 Å². The van der Waals surface area contributed by atoms with Crippen LogP contribution in [0.2, 0.25) is 0 Å². The summed E-state index contributed by atoms with van der Waals surface area (Å²) in [5, 5.41) is 27.7. The van der Waals surface area contributed by atoms with E-state index in [1.165, 1.54) is 12.3 Å². The van der Waals surface area contributed by atoms with E-state index in [9.17, 15) is 14.7 Å². The van der Waals surface area contributed by atoms with Gasteiger partial charge in [-0.05, 0) is 12.1 Å². The van der Waals surface area contributed by atoms with Crippen molar-refractivity contribution in [3.8, 4) is 5.75 Å². The number of aliphatic carboxylic acids is 1. The van der Waals surface area contributed by atoms with Gasteiger partial charge in [-0.2, -0.15) is 5.10 Å². The van der Waals surface area contributed by atoms with E-state index in [2.05, 4.69) is 15.5 Å². The first-order chi connectivity index (χ1) is 9.56. The van der Waals surface area contributed by atoms with Crippen LogP contribution in [0.5, 0.6) is 5.75 Å². The Kier molecular flexibility index (Phi) is 4.36. The Morgan fingerprint density at radius 1 is 1.45 bits per heavy atom. The summed E-state index contributed by atoms with van der Waals surface area (Å²) in [7, 11) is 0. The molecule has 8 heteroatoms. The number of hydrogen-bond donors (Lipinski definition) is 3. The summed E-state index contributed by atoms with van der Waals surface area (Å²) in [4.78, 5) is 22.0. The summed E-state index contributed by atoms with van der Waals surface area (Å²) in [6.45, 7) is 0. The van der Waals surface area contributed by atoms with Crippen LogP contribution in [-0.2, 0) is 9.59 Å². The van der Waals surface area contributed by atoms with Gasteiger partial charge in [0.1, 0.15) is 11.0 Å². The SMILES string of the molecule is O=C(O)C[C@H]1S/C(=N\N=C/c2ccccc2O)NC1=O. The number of carbonyl (C=O) groups excluding carboxylic acids is 1. The highest BCUT2D eigenvalue weighted by atomic mass is 32.2. The Labute approximate surface area is 118 Å². The second-order valence-electron chi connectivity index (χ2n) is 3.90. The van der Waals surface area contributed by atoms with E-state index in [4.69, 9.17) is 5.11 Å². The Hall–Kier alpha value is -2.35. The van der Waals surface area contributed by atoms with Crippen molar-refractivity contribution in [3.63, 3.8) is 0 Å². The molecule has 1 saturated heterocycles. The van der Waals surface area contributed by atoms with Crippen LogP contribution >= 0.6 is 11.8 Å². The van der Waals surface area contributed by atoms with Crippen LogP contribution in [0.15, 0.2) is 34.5 Å². The molecule has 1 atom stereocenters. The molecular formula is C12H11N3O4S. The van der Waals surface area contributed by atoms with E-state index in [1.807, 2.05) is 0 Å². The van der Waals surface area contributed by atoms with Gasteiger partial charge < -0.3 is 15.5 Å². The first kappa shape index (κ1) is 14.1. The van der Waals surface area contributed by atoms with Crippen molar-refractivity contribution in [3.05, 3.63) is 29.8 Å². The van der Waals surface area contributed by atoms with Gasteiger partial charge in [-0.15, -0.1) is 5.10 Å². The monoisotopic (exact) mass is 293 g/mol. The molecule has 1 fully saturated rings. The zero-order valence-electron chi connectivity index (χ0n) is 10.2. The number of aromatic hydroxyl groups is 1. The maximum Gasteiger partial charge on any atom is 0.305 e. The van der Waals surface area contributed by atoms with Gasteiger partial charge in [0.2, 0.25) is 5.91 Å². The molecule has 0 unspecified atom stereocenters. The predicted octanol–water partition coefficient (Wildman–Crippen LogP) is 0.788. The van der Waals surface area contributed by atoms with Crippen LogP contribution in [0.3, 0.4) is 0 Å². The van der Waals surface area contributed by atoms with E-state index >= 15 is 0 Å². The van der Waals surface area contributed by atoms with E-state index in [1.54, 1.807) is 18.2 Å². The molecule has 1 heterocycles. The number of amides is 1. The quantitative estimate of drug-likeness (QED) is 0.561. The Balaban J connectivity index is 2.01. The van der Waals surface area contributed by atoms with Crippen molar-refractivity contribution < 1.29 is 19.8 Å². The van der Waals surface area contributed by atoms with Gasteiger partial charge in [0.25, 0.3) is 0 Å². The Morgan fingerprint density at radius 3 is 2.90 bits per heavy atom. The lowest BCUT2D eigenvalue weighted by atomic mass is 10.2. The summed E-state index contributed by atoms with van der Waals surface area (Å²) in [6.07, 6.45) is 1.08. The number of benzene rings is 1. The molecule has 0 saturated carbocycles. The molecule has 3 N–H and O–H groups in total. The lowest BCUT2D eigenvalue weighted by molar-refractivity contribution is -0.138. The summed E-state index contributed by atoms with van der Waals surface area (Å²) in [5.41, 5.74) is 0.494. The Morgan fingerprint density at radius 2 is 2.20 bits per heavy atom. The second kappa shape index (κ2) is 6.20. The third kappa shape index (κ3) is 3.58. The first-order valence-corrected chi connectivity index (χ1v) is 6.52. The molecule has 104 valence electrons. The average Bonchev–Trinajstić information content (AvgIpc) is 2.72. The largest absolute Gasteiger partial charge is 0.507 e. The van der Waals surface area contributed by atoms with Gasteiger partial charge in [-0.1, -0.05) is 23.9 Å². The molecule has 1 aromatic rings. The first-order valence-electron chi connectivity index (χ1n) is 5.64. The van der Waals surface area contributed by atoms with Crippen LogP contribution in [0, 0.1) is 0 Å². The van der Waals surface area contributed by atoms with Crippen LogP contribution in [0.25, 0.3) is 0 Å². The van der Waals surface area contributed by atoms with Gasteiger partial charge >= 0.3 is 5.97 Å². The standard InChI is InChI=1S/C12H11N3O4S/c16-8-4-2-1-3-7(8)6-13-15-12-14-11(19)9(20-12)5-10(17)18/h1-4,6,9,16H,5H2,(H,17,18)(H,14,15,19)/b13-6-/t9-/m1/s1. The van der Waals surface area contributed by atoms with E-state index < -0.39 is 17.1 Å². The number of amidine groups is 1. The molecular weight excluding hydrogens is 282 g/mol. The van der Waals surface area contributed by atoms with E-state index in [0.717, 1.165) is 11.8 Å². The summed E-state index contributed by atoms with van der Waals surface area (Å²) < 4.78 is 0. The van der Waals surface area contributed by atoms with E-state index in [-0.39, 0.29) is 17.3 Å². The Bertz CT molecular complexity index is 600. The minimum atomic E-state index is -1.04. The fourth-order valence-corrected chi connectivity index (χ4v) is 2.40. The number of phenolic OH excluding ortho intramolecular Hbond substituents is 1. The van der Waals surface area contributed by atoms with Crippen molar-refractivity contribution in [1.29, 1.82) is 0 Å². The zero-order valence-corrected chi connectivity index (χ0v) is 11.0. The zero-order chi connectivity index (χ0) is 14.5. The topological polar surface area (TPSA) is 111 Å². The molecule has 1 aliphatic rings. The molecule has 7 nitrogen and oxygen atoms in total. The highest BCUT2D eigenvalue weighted by Crippen LogP contribution is 2.22. The molecule has 0 spiro atoms. The fourth-order valence-electron chi connectivity index (χ4n) is 1.49. The smallest absolute Gasteiger partial charge is 0.305 e. The number of carboxylic acid groups (broad SMARTS) is 1. The number of thioether (sulfide) groups is 1. The van der Waals surface area contributed by atoms with Crippen molar-refractivity contribution in [2.24, 2.45) is 10.2 Å². The fraction of sp³-hybridized carbons (Fsp3) is 0.167. The minimum Gasteiger partial charge on any atom is -0.507 e. The molecule has 0 aliphatic carbocycles. The normalized spacial score (nSPS) is 20.5. The number of carbonyl (C=O) groups is 2. The maximum atomic E-state index is 11.4. The second-order valence-corrected chi connectivity index (χ2v) is 5.09. The third-order valence-electron chi connectivity index (χ3n) is 2.42.